The number of aryl methyl sites for hydroxylation is 1. The molecule has 24 heavy (non-hydrogen) atoms. The second-order valence-corrected chi connectivity index (χ2v) is 15.4. The molecule has 6 heteroatoms. The highest BCUT2D eigenvalue weighted by Crippen LogP contribution is 2.26. The lowest BCUT2D eigenvalue weighted by molar-refractivity contribution is 0.0898. The van der Waals surface area contributed by atoms with Gasteiger partial charge in [-0.3, -0.25) is 0 Å². The summed E-state index contributed by atoms with van der Waals surface area (Å²) in [6, 6.07) is 1.18. The molecule has 0 radical (unpaired) electrons. The van der Waals surface area contributed by atoms with E-state index in [4.69, 9.17) is 9.72 Å². The van der Waals surface area contributed by atoms with Crippen LogP contribution in [0.25, 0.3) is 11.0 Å². The number of hydrogen-bond donors (Lipinski definition) is 0. The van der Waals surface area contributed by atoms with Crippen molar-refractivity contribution in [2.45, 2.75) is 66.0 Å². The Hall–Kier alpha value is -0.723. The van der Waals surface area contributed by atoms with E-state index in [-0.39, 0.29) is 0 Å². The maximum Gasteiger partial charge on any atom is 0.146 e. The van der Waals surface area contributed by atoms with Gasteiger partial charge in [0.1, 0.15) is 18.2 Å². The van der Waals surface area contributed by atoms with Crippen molar-refractivity contribution < 1.29 is 4.74 Å². The van der Waals surface area contributed by atoms with Crippen molar-refractivity contribution in [1.82, 2.24) is 14.5 Å². The van der Waals surface area contributed by atoms with Crippen LogP contribution in [-0.4, -0.2) is 29.2 Å². The maximum absolute atomic E-state index is 5.89. The van der Waals surface area contributed by atoms with E-state index >= 15 is 0 Å². The number of nitrogens with zero attached hydrogens (tertiary/aromatic N) is 3. The first-order valence-electron chi connectivity index (χ1n) is 8.63. The van der Waals surface area contributed by atoms with E-state index in [1.165, 1.54) is 6.04 Å². The van der Waals surface area contributed by atoms with Gasteiger partial charge >= 0.3 is 0 Å². The van der Waals surface area contributed by atoms with E-state index in [1.54, 1.807) is 0 Å². The number of hydrogen-bond acceptors (Lipinski definition) is 3. The van der Waals surface area contributed by atoms with Gasteiger partial charge in [0.05, 0.1) is 5.39 Å². The largest absolute Gasteiger partial charge is 0.361 e. The van der Waals surface area contributed by atoms with Crippen LogP contribution in [0.1, 0.15) is 33.0 Å². The molecule has 0 spiro atoms. The minimum atomic E-state index is -1.05. The number of aromatic nitrogens is 3. The van der Waals surface area contributed by atoms with Crippen molar-refractivity contribution in [1.29, 1.82) is 0 Å². The quantitative estimate of drug-likeness (QED) is 0.446. The van der Waals surface area contributed by atoms with Crippen LogP contribution >= 0.6 is 15.9 Å². The highest BCUT2D eigenvalue weighted by molar-refractivity contribution is 9.10. The molecule has 0 N–H and O–H groups in total. The first-order valence-corrected chi connectivity index (χ1v) is 13.1. The fourth-order valence-corrected chi connectivity index (χ4v) is 3.59. The molecular formula is C18H30BrN3OSi. The summed E-state index contributed by atoms with van der Waals surface area (Å²) in [5, 5.41) is 1.04. The van der Waals surface area contributed by atoms with E-state index in [0.29, 0.717) is 12.1 Å². The number of fused-ring (bicyclic) bond motifs is 1. The summed E-state index contributed by atoms with van der Waals surface area (Å²) in [6.45, 7) is 15.2. The normalized spacial score (nSPS) is 13.0. The molecule has 0 unspecified atom stereocenters. The van der Waals surface area contributed by atoms with E-state index in [9.17, 15) is 0 Å². The Labute approximate surface area is 155 Å². The van der Waals surface area contributed by atoms with Gasteiger partial charge in [0.2, 0.25) is 0 Å². The van der Waals surface area contributed by atoms with Gasteiger partial charge in [-0.2, -0.15) is 0 Å². The topological polar surface area (TPSA) is 39.9 Å². The predicted molar refractivity (Wildman–Crippen MR) is 107 cm³/mol. The fraction of sp³-hybridized carbons (Fsp3) is 0.667. The Bertz CT molecular complexity index is 686. The molecular weight excluding hydrogens is 382 g/mol. The van der Waals surface area contributed by atoms with Crippen LogP contribution in [0.5, 0.6) is 0 Å². The molecule has 2 heterocycles. The average molecular weight is 412 g/mol. The molecule has 0 saturated heterocycles. The molecule has 0 bridgehead atoms. The van der Waals surface area contributed by atoms with Crippen LogP contribution in [-0.2, 0) is 17.9 Å². The van der Waals surface area contributed by atoms with Crippen LogP contribution in [0.4, 0.5) is 0 Å². The van der Waals surface area contributed by atoms with Gasteiger partial charge in [-0.05, 0) is 33.8 Å². The maximum atomic E-state index is 5.89. The highest BCUT2D eigenvalue weighted by atomic mass is 79.9. The number of rotatable bonds is 7. The molecule has 0 aromatic carbocycles. The predicted octanol–water partition coefficient (Wildman–Crippen LogP) is 5.48. The summed E-state index contributed by atoms with van der Waals surface area (Å²) in [5.74, 6) is 0.909. The molecule has 2 aromatic rings. The van der Waals surface area contributed by atoms with Gasteiger partial charge < -0.3 is 9.30 Å². The molecule has 0 amide bonds. The lowest BCUT2D eigenvalue weighted by Crippen LogP contribution is -2.22. The van der Waals surface area contributed by atoms with Gasteiger partial charge in [-0.15, -0.1) is 0 Å². The second-order valence-electron chi connectivity index (χ2n) is 8.88. The monoisotopic (exact) mass is 411 g/mol. The van der Waals surface area contributed by atoms with Crippen molar-refractivity contribution in [3.8, 4) is 0 Å². The lowest BCUT2D eigenvalue weighted by atomic mass is 9.90. The number of halogens is 1. The third kappa shape index (κ3) is 5.97. The zero-order chi connectivity index (χ0) is 18.0. The third-order valence-corrected chi connectivity index (χ3v) is 6.28. The molecule has 2 aromatic heterocycles. The minimum Gasteiger partial charge on any atom is -0.361 e. The third-order valence-electron chi connectivity index (χ3n) is 3.94. The van der Waals surface area contributed by atoms with Crippen LogP contribution in [0.2, 0.25) is 25.7 Å². The van der Waals surface area contributed by atoms with E-state index in [2.05, 4.69) is 65.9 Å². The Morgan fingerprint density at radius 2 is 1.96 bits per heavy atom. The second kappa shape index (κ2) is 7.66. The lowest BCUT2D eigenvalue weighted by Gasteiger charge is -2.17. The Morgan fingerprint density at radius 3 is 2.58 bits per heavy atom. The van der Waals surface area contributed by atoms with Gasteiger partial charge in [0.25, 0.3) is 0 Å². The summed E-state index contributed by atoms with van der Waals surface area (Å²) >= 11 is 3.60. The van der Waals surface area contributed by atoms with Crippen molar-refractivity contribution >= 4 is 35.0 Å². The Balaban J connectivity index is 2.09. The fourth-order valence-electron chi connectivity index (χ4n) is 2.31. The summed E-state index contributed by atoms with van der Waals surface area (Å²) in [5.41, 5.74) is 1.25. The van der Waals surface area contributed by atoms with E-state index in [0.717, 1.165) is 40.8 Å². The van der Waals surface area contributed by atoms with Gasteiger partial charge in [0.15, 0.2) is 0 Å². The van der Waals surface area contributed by atoms with Gasteiger partial charge in [0, 0.05) is 38.0 Å². The van der Waals surface area contributed by atoms with Crippen LogP contribution in [0, 0.1) is 5.41 Å². The van der Waals surface area contributed by atoms with E-state index in [1.807, 2.05) is 12.4 Å². The summed E-state index contributed by atoms with van der Waals surface area (Å²) in [7, 11) is -1.05. The molecule has 2 rings (SSSR count). The molecule has 4 nitrogen and oxygen atoms in total. The SMILES string of the molecule is CC(C)(C)CCc1ncc2c(Br)cn(COCC[Si](C)(C)C)c2n1. The minimum absolute atomic E-state index is 0.293. The number of ether oxygens (including phenoxy) is 1. The Morgan fingerprint density at radius 1 is 1.25 bits per heavy atom. The van der Waals surface area contributed by atoms with Crippen molar-refractivity contribution in [2.75, 3.05) is 6.61 Å². The smallest absolute Gasteiger partial charge is 0.146 e. The molecule has 134 valence electrons. The van der Waals surface area contributed by atoms with E-state index < -0.39 is 8.07 Å². The van der Waals surface area contributed by atoms with Crippen molar-refractivity contribution in [3.05, 3.63) is 22.7 Å². The van der Waals surface area contributed by atoms with Crippen molar-refractivity contribution in [3.63, 3.8) is 0 Å². The van der Waals surface area contributed by atoms with Gasteiger partial charge in [-0.1, -0.05) is 40.4 Å². The molecule has 0 saturated carbocycles. The zero-order valence-corrected chi connectivity index (χ0v) is 18.4. The van der Waals surface area contributed by atoms with Crippen LogP contribution in [0.3, 0.4) is 0 Å². The zero-order valence-electron chi connectivity index (χ0n) is 15.8. The summed E-state index contributed by atoms with van der Waals surface area (Å²) < 4.78 is 8.98. The first kappa shape index (κ1) is 19.6. The highest BCUT2D eigenvalue weighted by Gasteiger charge is 2.15. The standard InChI is InChI=1S/C18H30BrN3OSi/c1-18(2,3)8-7-16-20-11-14-15(19)12-22(17(14)21-16)13-23-9-10-24(4,5)6/h11-12H,7-10,13H2,1-6H3. The average Bonchev–Trinajstić information content (AvgIpc) is 2.76. The molecule has 0 aliphatic carbocycles. The van der Waals surface area contributed by atoms with Crippen LogP contribution in [0.15, 0.2) is 16.9 Å². The first-order chi connectivity index (χ1) is 11.1. The molecule has 0 aliphatic rings. The van der Waals surface area contributed by atoms with Crippen LogP contribution < -0.4 is 0 Å². The molecule has 0 fully saturated rings. The summed E-state index contributed by atoms with van der Waals surface area (Å²) in [6.07, 6.45) is 5.94. The molecule has 0 aliphatic heterocycles. The Kier molecular flexibility index (Phi) is 6.26. The summed E-state index contributed by atoms with van der Waals surface area (Å²) in [4.78, 5) is 9.30. The van der Waals surface area contributed by atoms with Crippen molar-refractivity contribution in [2.24, 2.45) is 5.41 Å². The molecule has 0 atom stereocenters. The van der Waals surface area contributed by atoms with Gasteiger partial charge in [-0.25, -0.2) is 9.97 Å².